The van der Waals surface area contributed by atoms with Crippen molar-refractivity contribution in [3.05, 3.63) is 57.1 Å². The molecule has 9 heteroatoms. The second-order valence-electron chi connectivity index (χ2n) is 8.73. The predicted octanol–water partition coefficient (Wildman–Crippen LogP) is 6.70. The van der Waals surface area contributed by atoms with Gasteiger partial charge in [-0.05, 0) is 74.1 Å². The zero-order valence-electron chi connectivity index (χ0n) is 18.5. The van der Waals surface area contributed by atoms with Crippen molar-refractivity contribution in [3.8, 4) is 5.75 Å². The van der Waals surface area contributed by atoms with Gasteiger partial charge in [0.1, 0.15) is 12.2 Å². The molecule has 0 atom stereocenters. The van der Waals surface area contributed by atoms with E-state index < -0.39 is 11.7 Å². The van der Waals surface area contributed by atoms with Crippen LogP contribution in [0.4, 0.5) is 10.6 Å². The minimum Gasteiger partial charge on any atom is -0.489 e. The summed E-state index contributed by atoms with van der Waals surface area (Å²) in [5.41, 5.74) is 9.89. The molecule has 1 aliphatic rings. The van der Waals surface area contributed by atoms with Crippen molar-refractivity contribution in [3.63, 3.8) is 0 Å². The number of allylic oxidation sites excluding steroid dienone is 1. The largest absolute Gasteiger partial charge is 0.489 e. The van der Waals surface area contributed by atoms with Gasteiger partial charge in [0.15, 0.2) is 11.6 Å². The molecule has 0 unspecified atom stereocenters. The molecule has 0 saturated heterocycles. The van der Waals surface area contributed by atoms with Gasteiger partial charge in [-0.1, -0.05) is 35.3 Å². The van der Waals surface area contributed by atoms with E-state index in [1.165, 1.54) is 4.68 Å². The summed E-state index contributed by atoms with van der Waals surface area (Å²) in [5.74, 6) is 1.04. The van der Waals surface area contributed by atoms with Crippen LogP contribution in [-0.2, 0) is 11.2 Å². The monoisotopic (exact) mass is 507 g/mol. The third-order valence-electron chi connectivity index (χ3n) is 5.22. The van der Waals surface area contributed by atoms with Crippen LogP contribution < -0.4 is 10.5 Å². The van der Waals surface area contributed by atoms with Crippen molar-refractivity contribution in [2.75, 3.05) is 18.2 Å². The summed E-state index contributed by atoms with van der Waals surface area (Å²) < 4.78 is 12.3. The second kappa shape index (κ2) is 9.09. The molecule has 2 N–H and O–H groups in total. The van der Waals surface area contributed by atoms with E-state index in [2.05, 4.69) is 11.2 Å². The maximum Gasteiger partial charge on any atom is 0.435 e. The van der Waals surface area contributed by atoms with Crippen LogP contribution in [0.5, 0.6) is 5.75 Å². The fourth-order valence-corrected chi connectivity index (χ4v) is 4.63. The molecule has 1 aliphatic carbocycles. The highest BCUT2D eigenvalue weighted by Gasteiger charge is 2.25. The minimum absolute atomic E-state index is 0.246. The summed E-state index contributed by atoms with van der Waals surface area (Å²) in [5, 5.41) is 5.79. The summed E-state index contributed by atoms with van der Waals surface area (Å²) in [6.07, 6.45) is 3.14. The molecule has 6 nitrogen and oxygen atoms in total. The van der Waals surface area contributed by atoms with Crippen molar-refractivity contribution in [2.24, 2.45) is 0 Å². The van der Waals surface area contributed by atoms with E-state index in [4.69, 9.17) is 50.0 Å². The standard InChI is InChI=1S/C24H24Cl3N3O3/c1-24(2,3)33-23(31)30-19-8-7-13(11-17(19)22(28)29-30)14-5-4-6-15-16(14)12-18(26)21(20(15)27)32-10-9-25/h5,7-8,11-12H,4,6,9-10H2,1-3H3,(H2,28,29). The Hall–Kier alpha value is -2.41. The van der Waals surface area contributed by atoms with Gasteiger partial charge in [0.2, 0.25) is 0 Å². The fraction of sp³-hybridized carbons (Fsp3) is 0.333. The number of hydrogen-bond donors (Lipinski definition) is 1. The van der Waals surface area contributed by atoms with E-state index in [0.717, 1.165) is 35.1 Å². The number of ether oxygens (including phenoxy) is 2. The number of carbonyl (C=O) groups is 1. The van der Waals surface area contributed by atoms with E-state index in [9.17, 15) is 4.79 Å². The molecule has 0 aliphatic heterocycles. The van der Waals surface area contributed by atoms with E-state index in [-0.39, 0.29) is 5.82 Å². The lowest BCUT2D eigenvalue weighted by Gasteiger charge is -2.22. The number of halogens is 3. The number of nitrogens with zero attached hydrogens (tertiary/aromatic N) is 2. The van der Waals surface area contributed by atoms with Gasteiger partial charge in [-0.2, -0.15) is 4.68 Å². The molecule has 4 rings (SSSR count). The normalized spacial score (nSPS) is 13.6. The lowest BCUT2D eigenvalue weighted by molar-refractivity contribution is 0.0523. The topological polar surface area (TPSA) is 79.4 Å². The van der Waals surface area contributed by atoms with Crippen LogP contribution in [0.2, 0.25) is 10.0 Å². The highest BCUT2D eigenvalue weighted by molar-refractivity contribution is 6.38. The molecule has 1 aromatic heterocycles. The van der Waals surface area contributed by atoms with E-state index >= 15 is 0 Å². The first kappa shape index (κ1) is 23.7. The number of benzene rings is 2. The number of rotatable bonds is 4. The van der Waals surface area contributed by atoms with Crippen LogP contribution >= 0.6 is 34.8 Å². The van der Waals surface area contributed by atoms with Gasteiger partial charge < -0.3 is 15.2 Å². The van der Waals surface area contributed by atoms with Crippen LogP contribution in [0.15, 0.2) is 30.3 Å². The number of aromatic nitrogens is 2. The Kier molecular flexibility index (Phi) is 6.54. The molecule has 3 aromatic rings. The maximum absolute atomic E-state index is 12.6. The van der Waals surface area contributed by atoms with Crippen LogP contribution in [0.1, 0.15) is 43.9 Å². The van der Waals surface area contributed by atoms with Gasteiger partial charge in [-0.25, -0.2) is 4.79 Å². The second-order valence-corrected chi connectivity index (χ2v) is 9.89. The van der Waals surface area contributed by atoms with E-state index in [1.54, 1.807) is 20.8 Å². The van der Waals surface area contributed by atoms with Crippen LogP contribution in [0, 0.1) is 0 Å². The van der Waals surface area contributed by atoms with Crippen LogP contribution in [-0.4, -0.2) is 34.0 Å². The summed E-state index contributed by atoms with van der Waals surface area (Å²) in [6.45, 7) is 5.72. The highest BCUT2D eigenvalue weighted by atomic mass is 35.5. The first-order chi connectivity index (χ1) is 15.6. The Balaban J connectivity index is 1.76. The van der Waals surface area contributed by atoms with Gasteiger partial charge in [-0.15, -0.1) is 16.7 Å². The Morgan fingerprint density at radius 1 is 1.24 bits per heavy atom. The van der Waals surface area contributed by atoms with Gasteiger partial charge in [0, 0.05) is 5.39 Å². The molecule has 0 fully saturated rings. The van der Waals surface area contributed by atoms with Gasteiger partial charge in [0.05, 0.1) is 21.4 Å². The molecule has 2 aromatic carbocycles. The first-order valence-electron chi connectivity index (χ1n) is 10.5. The first-order valence-corrected chi connectivity index (χ1v) is 11.8. The summed E-state index contributed by atoms with van der Waals surface area (Å²) >= 11 is 18.9. The zero-order valence-corrected chi connectivity index (χ0v) is 20.8. The van der Waals surface area contributed by atoms with Crippen molar-refractivity contribution >= 4 is 63.2 Å². The Bertz CT molecular complexity index is 1280. The highest BCUT2D eigenvalue weighted by Crippen LogP contribution is 2.44. The number of hydrogen-bond acceptors (Lipinski definition) is 5. The zero-order chi connectivity index (χ0) is 23.9. The minimum atomic E-state index is -0.647. The number of anilines is 1. The molecule has 0 radical (unpaired) electrons. The number of nitrogens with two attached hydrogens (primary N) is 1. The van der Waals surface area contributed by atoms with Gasteiger partial charge in [-0.3, -0.25) is 0 Å². The van der Waals surface area contributed by atoms with Crippen LogP contribution in [0.25, 0.3) is 16.5 Å². The Morgan fingerprint density at radius 3 is 2.70 bits per heavy atom. The molecule has 0 bridgehead atoms. The third-order valence-corrected chi connectivity index (χ3v) is 6.05. The SMILES string of the molecule is CC(C)(C)OC(=O)n1nc(N)c2cc(C3=CCCc4c3cc(Cl)c(OCCCl)c4Cl)ccc21. The molecule has 0 spiro atoms. The summed E-state index contributed by atoms with van der Waals surface area (Å²) in [4.78, 5) is 12.6. The Labute approximate surface area is 207 Å². The number of carbonyl (C=O) groups excluding carboxylic acids is 1. The predicted molar refractivity (Wildman–Crippen MR) is 134 cm³/mol. The molecular weight excluding hydrogens is 485 g/mol. The summed E-state index contributed by atoms with van der Waals surface area (Å²) in [7, 11) is 0. The van der Waals surface area contributed by atoms with Crippen molar-refractivity contribution in [1.29, 1.82) is 0 Å². The lowest BCUT2D eigenvalue weighted by atomic mass is 9.86. The molecule has 0 amide bonds. The number of alkyl halides is 1. The van der Waals surface area contributed by atoms with Crippen molar-refractivity contribution in [2.45, 2.75) is 39.2 Å². The van der Waals surface area contributed by atoms with Gasteiger partial charge in [0.25, 0.3) is 0 Å². The molecule has 1 heterocycles. The quantitative estimate of drug-likeness (QED) is 0.396. The van der Waals surface area contributed by atoms with Crippen LogP contribution in [0.3, 0.4) is 0 Å². The average Bonchev–Trinajstić information content (AvgIpc) is 3.08. The van der Waals surface area contributed by atoms with Crippen molar-refractivity contribution < 1.29 is 14.3 Å². The Morgan fingerprint density at radius 2 is 2.00 bits per heavy atom. The molecule has 33 heavy (non-hydrogen) atoms. The van der Waals surface area contributed by atoms with Crippen molar-refractivity contribution in [1.82, 2.24) is 9.78 Å². The molecule has 174 valence electrons. The van der Waals surface area contributed by atoms with Gasteiger partial charge >= 0.3 is 6.09 Å². The van der Waals surface area contributed by atoms with E-state index in [0.29, 0.717) is 39.2 Å². The number of fused-ring (bicyclic) bond motifs is 2. The average molecular weight is 509 g/mol. The summed E-state index contributed by atoms with van der Waals surface area (Å²) in [6, 6.07) is 7.52. The molecular formula is C24H24Cl3N3O3. The third kappa shape index (κ3) is 4.65. The lowest BCUT2D eigenvalue weighted by Crippen LogP contribution is -2.27. The fourth-order valence-electron chi connectivity index (χ4n) is 3.89. The maximum atomic E-state index is 12.6. The number of nitrogen functional groups attached to an aromatic ring is 1. The smallest absolute Gasteiger partial charge is 0.435 e. The van der Waals surface area contributed by atoms with E-state index in [1.807, 2.05) is 24.3 Å². The molecule has 0 saturated carbocycles.